The van der Waals surface area contributed by atoms with Gasteiger partial charge in [-0.05, 0) is 24.1 Å². The number of benzene rings is 2. The fraction of sp³-hybridized carbons (Fsp3) is 0.250. The number of hydrogen-bond donors (Lipinski definition) is 3. The van der Waals surface area contributed by atoms with Crippen LogP contribution in [0, 0.1) is 6.92 Å². The average Bonchev–Trinajstić information content (AvgIpc) is 3.27. The zero-order valence-electron chi connectivity index (χ0n) is 18.4. The molecule has 0 fully saturated rings. The van der Waals surface area contributed by atoms with Crippen LogP contribution in [0.15, 0.2) is 88.6 Å². The predicted molar refractivity (Wildman–Crippen MR) is 125 cm³/mol. The average molecular weight is 484 g/mol. The topological polar surface area (TPSA) is 131 Å². The molecule has 9 nitrogen and oxygen atoms in total. The predicted octanol–water partition coefficient (Wildman–Crippen LogP) is 2.63. The number of H-pyrrole nitrogens is 1. The van der Waals surface area contributed by atoms with Crippen LogP contribution >= 0.6 is 7.82 Å². The number of ether oxygens (including phenoxy) is 1. The molecule has 1 aliphatic rings. The number of phosphoric ester groups is 1. The highest BCUT2D eigenvalue weighted by atomic mass is 31.2. The zero-order chi connectivity index (χ0) is 24.3. The van der Waals surface area contributed by atoms with E-state index in [1.54, 1.807) is 19.1 Å². The van der Waals surface area contributed by atoms with Crippen molar-refractivity contribution in [3.8, 4) is 0 Å². The summed E-state index contributed by atoms with van der Waals surface area (Å²) < 4.78 is 25.1. The Morgan fingerprint density at radius 1 is 1.00 bits per heavy atom. The normalized spacial score (nSPS) is 18.3. The molecule has 0 bridgehead atoms. The monoisotopic (exact) mass is 484 g/mol. The van der Waals surface area contributed by atoms with Crippen LogP contribution in [0.25, 0.3) is 0 Å². The van der Waals surface area contributed by atoms with Gasteiger partial charge in [0, 0.05) is 24.6 Å². The van der Waals surface area contributed by atoms with Crippen LogP contribution in [-0.4, -0.2) is 31.0 Å². The van der Waals surface area contributed by atoms with E-state index in [-0.39, 0.29) is 12.8 Å². The molecule has 10 heteroatoms. The maximum Gasteiger partial charge on any atom is 0.470 e. The summed E-state index contributed by atoms with van der Waals surface area (Å²) in [6.07, 6.45) is 3.10. The molecule has 0 spiro atoms. The maximum absolute atomic E-state index is 12.4. The van der Waals surface area contributed by atoms with Gasteiger partial charge in [0.1, 0.15) is 11.7 Å². The van der Waals surface area contributed by atoms with Gasteiger partial charge in [0.05, 0.1) is 0 Å². The van der Waals surface area contributed by atoms with Gasteiger partial charge in [0.15, 0.2) is 6.23 Å². The number of aromatic nitrogens is 2. The third-order valence-corrected chi connectivity index (χ3v) is 6.27. The second kappa shape index (κ2) is 9.66. The second-order valence-corrected chi connectivity index (χ2v) is 9.45. The molecule has 34 heavy (non-hydrogen) atoms. The summed E-state index contributed by atoms with van der Waals surface area (Å²) in [5.74, 6) is 0. The van der Waals surface area contributed by atoms with Gasteiger partial charge >= 0.3 is 13.5 Å². The lowest BCUT2D eigenvalue weighted by Crippen LogP contribution is -2.48. The van der Waals surface area contributed by atoms with Crippen molar-refractivity contribution in [2.45, 2.75) is 37.7 Å². The van der Waals surface area contributed by atoms with Gasteiger partial charge in [-0.25, -0.2) is 9.36 Å². The largest absolute Gasteiger partial charge is 0.470 e. The van der Waals surface area contributed by atoms with Crippen molar-refractivity contribution in [1.82, 2.24) is 9.55 Å². The van der Waals surface area contributed by atoms with Crippen molar-refractivity contribution in [2.24, 2.45) is 0 Å². The summed E-state index contributed by atoms with van der Waals surface area (Å²) in [5.41, 5.74) is -0.723. The van der Waals surface area contributed by atoms with E-state index >= 15 is 0 Å². The van der Waals surface area contributed by atoms with E-state index in [1.807, 2.05) is 60.7 Å². The molecule has 3 aromatic rings. The van der Waals surface area contributed by atoms with Gasteiger partial charge in [-0.15, -0.1) is 0 Å². The number of phosphoric acid groups is 1. The molecule has 4 rings (SSSR count). The molecule has 0 aliphatic carbocycles. The zero-order valence-corrected chi connectivity index (χ0v) is 19.3. The van der Waals surface area contributed by atoms with Crippen LogP contribution < -0.4 is 11.2 Å². The summed E-state index contributed by atoms with van der Waals surface area (Å²) in [5, 5.41) is 0. The molecule has 0 unspecified atom stereocenters. The van der Waals surface area contributed by atoms with Gasteiger partial charge in [-0.3, -0.25) is 18.9 Å². The molecular formula is C24H25N2O7P. The Labute approximate surface area is 195 Å². The van der Waals surface area contributed by atoms with Crippen LogP contribution in [0.3, 0.4) is 0 Å². The first kappa shape index (κ1) is 24.1. The molecule has 0 radical (unpaired) electrons. The smallest absolute Gasteiger partial charge is 0.344 e. The quantitative estimate of drug-likeness (QED) is 0.331. The van der Waals surface area contributed by atoms with Crippen LogP contribution in [0.2, 0.25) is 0 Å². The van der Waals surface area contributed by atoms with Gasteiger partial charge in [0.2, 0.25) is 0 Å². The Hall–Kier alpha value is -3.07. The Morgan fingerprint density at radius 3 is 2.09 bits per heavy atom. The van der Waals surface area contributed by atoms with E-state index in [1.165, 1.54) is 10.8 Å². The molecule has 1 aromatic heterocycles. The highest BCUT2D eigenvalue weighted by molar-refractivity contribution is 7.46. The van der Waals surface area contributed by atoms with Crippen LogP contribution in [0.5, 0.6) is 0 Å². The van der Waals surface area contributed by atoms with E-state index in [0.717, 1.165) is 11.1 Å². The minimum Gasteiger partial charge on any atom is -0.344 e. The molecule has 178 valence electrons. The van der Waals surface area contributed by atoms with Crippen LogP contribution in [0.1, 0.15) is 22.9 Å². The fourth-order valence-corrected chi connectivity index (χ4v) is 4.88. The molecule has 0 saturated heterocycles. The van der Waals surface area contributed by atoms with Crippen molar-refractivity contribution in [2.75, 3.05) is 0 Å². The Kier molecular flexibility index (Phi) is 6.84. The van der Waals surface area contributed by atoms with Crippen molar-refractivity contribution >= 4 is 7.82 Å². The van der Waals surface area contributed by atoms with Crippen LogP contribution in [-0.2, 0) is 26.7 Å². The molecule has 3 N–H and O–H groups in total. The lowest BCUT2D eigenvalue weighted by Gasteiger charge is -2.38. The van der Waals surface area contributed by atoms with Gasteiger partial charge in [-0.1, -0.05) is 66.7 Å². The Balaban J connectivity index is 1.76. The standard InChI is InChI=1S/C24H25N2O7P/c1-17-16-26(23(28)25-22(17)27)21-13-12-20(32-21)24(33-34(29,30)31,14-18-8-4-2-5-9-18)15-19-10-6-3-7-11-19/h2-13,16,20-21H,14-15H2,1H3,(H,25,27,28)(H2,29,30,31)/t20-,21+/m0/s1. The summed E-state index contributed by atoms with van der Waals surface area (Å²) in [4.78, 5) is 46.1. The highest BCUT2D eigenvalue weighted by Gasteiger charge is 2.47. The first-order valence-electron chi connectivity index (χ1n) is 10.7. The van der Waals surface area contributed by atoms with E-state index in [0.29, 0.717) is 5.56 Å². The molecule has 2 aromatic carbocycles. The minimum atomic E-state index is -4.96. The lowest BCUT2D eigenvalue weighted by atomic mass is 9.83. The number of nitrogens with one attached hydrogen (secondary N) is 1. The molecule has 2 atom stereocenters. The first-order valence-corrected chi connectivity index (χ1v) is 12.2. The Bertz CT molecular complexity index is 1290. The first-order chi connectivity index (χ1) is 16.2. The molecule has 0 saturated carbocycles. The summed E-state index contributed by atoms with van der Waals surface area (Å²) >= 11 is 0. The van der Waals surface area contributed by atoms with Gasteiger partial charge in [-0.2, -0.15) is 0 Å². The summed E-state index contributed by atoms with van der Waals surface area (Å²) in [6, 6.07) is 18.4. The van der Waals surface area contributed by atoms with E-state index in [2.05, 4.69) is 4.98 Å². The van der Waals surface area contributed by atoms with Crippen LogP contribution in [0.4, 0.5) is 0 Å². The highest BCUT2D eigenvalue weighted by Crippen LogP contribution is 2.47. The second-order valence-electron chi connectivity index (χ2n) is 8.28. The van der Waals surface area contributed by atoms with E-state index in [4.69, 9.17) is 9.26 Å². The van der Waals surface area contributed by atoms with E-state index < -0.39 is 37.0 Å². The molecule has 2 heterocycles. The maximum atomic E-state index is 12.4. The van der Waals surface area contributed by atoms with E-state index in [9.17, 15) is 23.9 Å². The van der Waals surface area contributed by atoms with Crippen molar-refractivity contribution < 1.29 is 23.6 Å². The van der Waals surface area contributed by atoms with Gasteiger partial charge < -0.3 is 14.5 Å². The number of aryl methyl sites for hydroxylation is 1. The molecule has 0 amide bonds. The van der Waals surface area contributed by atoms with Crippen molar-refractivity contribution in [3.63, 3.8) is 0 Å². The SMILES string of the molecule is Cc1cn([C@H]2C=C[C@@H](C(Cc3ccccc3)(Cc3ccccc3)OP(=O)(O)O)O2)c(=O)[nH]c1=O. The number of nitrogens with zero attached hydrogens (tertiary/aromatic N) is 1. The molecule has 1 aliphatic heterocycles. The van der Waals surface area contributed by atoms with Gasteiger partial charge in [0.25, 0.3) is 5.56 Å². The summed E-state index contributed by atoms with van der Waals surface area (Å²) in [7, 11) is -4.96. The fourth-order valence-electron chi connectivity index (χ4n) is 4.17. The van der Waals surface area contributed by atoms with Crippen molar-refractivity contribution in [1.29, 1.82) is 0 Å². The van der Waals surface area contributed by atoms with Crippen molar-refractivity contribution in [3.05, 3.63) is 117 Å². The summed E-state index contributed by atoms with van der Waals surface area (Å²) in [6.45, 7) is 1.57. The number of aromatic amines is 1. The Morgan fingerprint density at radius 2 is 1.56 bits per heavy atom. The number of hydrogen-bond acceptors (Lipinski definition) is 5. The minimum absolute atomic E-state index is 0.134. The lowest BCUT2D eigenvalue weighted by molar-refractivity contribution is -0.103. The number of rotatable bonds is 8. The third-order valence-electron chi connectivity index (χ3n) is 5.67. The third kappa shape index (κ3) is 5.52. The molecular weight excluding hydrogens is 459 g/mol.